The molecule has 0 bridgehead atoms. The molecule has 2 fully saturated rings. The lowest BCUT2D eigenvalue weighted by Crippen LogP contribution is -2.50. The van der Waals surface area contributed by atoms with Gasteiger partial charge in [0, 0.05) is 19.1 Å². The topological polar surface area (TPSA) is 38.5 Å². The largest absolute Gasteiger partial charge is 0.375 e. The van der Waals surface area contributed by atoms with Crippen LogP contribution < -0.4 is 5.73 Å². The summed E-state index contributed by atoms with van der Waals surface area (Å²) in [6, 6.07) is 0.692. The van der Waals surface area contributed by atoms with E-state index in [0.717, 1.165) is 26.2 Å². The molecule has 1 heterocycles. The number of nitrogens with two attached hydrogens (primary N) is 1. The van der Waals surface area contributed by atoms with Crippen molar-refractivity contribution in [2.24, 2.45) is 11.7 Å². The standard InChI is InChI=1S/C11H22N2O/c1-9(7-12)8-13-5-6-14-11-4-2-3-10(11)13/h9-11H,2-8,12H2,1H3. The Kier molecular flexibility index (Phi) is 3.42. The maximum atomic E-state index is 5.77. The highest BCUT2D eigenvalue weighted by atomic mass is 16.5. The van der Waals surface area contributed by atoms with E-state index in [1.165, 1.54) is 19.3 Å². The second kappa shape index (κ2) is 4.60. The van der Waals surface area contributed by atoms with Crippen LogP contribution in [0.2, 0.25) is 0 Å². The Balaban J connectivity index is 1.90. The van der Waals surface area contributed by atoms with Gasteiger partial charge in [-0.1, -0.05) is 6.92 Å². The fraction of sp³-hybridized carbons (Fsp3) is 1.00. The number of hydrogen-bond donors (Lipinski definition) is 1. The molecule has 0 aromatic rings. The van der Waals surface area contributed by atoms with Crippen LogP contribution in [0.25, 0.3) is 0 Å². The minimum absolute atomic E-state index is 0.522. The summed E-state index contributed by atoms with van der Waals surface area (Å²) in [5.41, 5.74) is 5.67. The number of morpholine rings is 1. The summed E-state index contributed by atoms with van der Waals surface area (Å²) >= 11 is 0. The molecule has 0 radical (unpaired) electrons. The van der Waals surface area contributed by atoms with Gasteiger partial charge in [0.15, 0.2) is 0 Å². The van der Waals surface area contributed by atoms with Crippen molar-refractivity contribution in [2.45, 2.75) is 38.3 Å². The first-order valence-corrected chi connectivity index (χ1v) is 5.87. The molecule has 1 saturated carbocycles. The molecule has 2 aliphatic rings. The van der Waals surface area contributed by atoms with Crippen LogP contribution in [-0.4, -0.2) is 43.3 Å². The van der Waals surface area contributed by atoms with Crippen molar-refractivity contribution in [2.75, 3.05) is 26.2 Å². The molecule has 3 atom stereocenters. The first kappa shape index (κ1) is 10.4. The van der Waals surface area contributed by atoms with Gasteiger partial charge in [0.05, 0.1) is 12.7 Å². The first-order chi connectivity index (χ1) is 6.81. The van der Waals surface area contributed by atoms with Gasteiger partial charge in [-0.05, 0) is 31.7 Å². The van der Waals surface area contributed by atoms with E-state index in [2.05, 4.69) is 11.8 Å². The summed E-state index contributed by atoms with van der Waals surface area (Å²) in [5, 5.41) is 0. The quantitative estimate of drug-likeness (QED) is 0.730. The second-order valence-corrected chi connectivity index (χ2v) is 4.74. The molecule has 0 amide bonds. The Morgan fingerprint density at radius 2 is 2.36 bits per heavy atom. The Bertz CT molecular complexity index is 186. The average molecular weight is 198 g/mol. The molecule has 3 unspecified atom stereocenters. The molecule has 82 valence electrons. The normalized spacial score (nSPS) is 35.6. The van der Waals surface area contributed by atoms with Gasteiger partial charge < -0.3 is 10.5 Å². The fourth-order valence-corrected chi connectivity index (χ4v) is 2.71. The Morgan fingerprint density at radius 3 is 3.14 bits per heavy atom. The van der Waals surface area contributed by atoms with Crippen LogP contribution in [0.4, 0.5) is 0 Å². The zero-order chi connectivity index (χ0) is 9.97. The maximum absolute atomic E-state index is 5.77. The van der Waals surface area contributed by atoms with E-state index in [0.29, 0.717) is 18.1 Å². The van der Waals surface area contributed by atoms with Crippen LogP contribution in [0.15, 0.2) is 0 Å². The van der Waals surface area contributed by atoms with Crippen molar-refractivity contribution in [3.63, 3.8) is 0 Å². The summed E-state index contributed by atoms with van der Waals surface area (Å²) in [5.74, 6) is 0.620. The van der Waals surface area contributed by atoms with Crippen LogP contribution in [0, 0.1) is 5.92 Å². The van der Waals surface area contributed by atoms with E-state index in [9.17, 15) is 0 Å². The monoisotopic (exact) mass is 198 g/mol. The molecule has 2 rings (SSSR count). The van der Waals surface area contributed by atoms with E-state index < -0.39 is 0 Å². The van der Waals surface area contributed by atoms with Gasteiger partial charge in [0.1, 0.15) is 0 Å². The Morgan fingerprint density at radius 1 is 1.50 bits per heavy atom. The van der Waals surface area contributed by atoms with Gasteiger partial charge in [-0.15, -0.1) is 0 Å². The predicted molar refractivity (Wildman–Crippen MR) is 57.2 cm³/mol. The lowest BCUT2D eigenvalue weighted by molar-refractivity contribution is -0.0591. The zero-order valence-electron chi connectivity index (χ0n) is 9.11. The molecule has 3 nitrogen and oxygen atoms in total. The van der Waals surface area contributed by atoms with Crippen LogP contribution in [0.3, 0.4) is 0 Å². The summed E-state index contributed by atoms with van der Waals surface area (Å²) in [6.07, 6.45) is 4.44. The third-order valence-electron chi connectivity index (χ3n) is 3.55. The third-order valence-corrected chi connectivity index (χ3v) is 3.55. The summed E-state index contributed by atoms with van der Waals surface area (Å²) in [6.45, 7) is 6.21. The highest BCUT2D eigenvalue weighted by Gasteiger charge is 2.35. The van der Waals surface area contributed by atoms with Gasteiger partial charge in [-0.25, -0.2) is 0 Å². The van der Waals surface area contributed by atoms with Gasteiger partial charge in [0.25, 0.3) is 0 Å². The highest BCUT2D eigenvalue weighted by Crippen LogP contribution is 2.29. The van der Waals surface area contributed by atoms with Gasteiger partial charge in [-0.2, -0.15) is 0 Å². The van der Waals surface area contributed by atoms with E-state index in [-0.39, 0.29) is 0 Å². The molecule has 14 heavy (non-hydrogen) atoms. The van der Waals surface area contributed by atoms with Crippen LogP contribution in [0.1, 0.15) is 26.2 Å². The number of rotatable bonds is 3. The van der Waals surface area contributed by atoms with Gasteiger partial charge >= 0.3 is 0 Å². The number of ether oxygens (including phenoxy) is 1. The molecule has 1 saturated heterocycles. The van der Waals surface area contributed by atoms with Crippen molar-refractivity contribution in [3.05, 3.63) is 0 Å². The average Bonchev–Trinajstić information content (AvgIpc) is 2.66. The maximum Gasteiger partial charge on any atom is 0.0730 e. The van der Waals surface area contributed by atoms with E-state index in [1.54, 1.807) is 0 Å². The van der Waals surface area contributed by atoms with Crippen molar-refractivity contribution in [1.29, 1.82) is 0 Å². The van der Waals surface area contributed by atoms with E-state index >= 15 is 0 Å². The number of fused-ring (bicyclic) bond motifs is 1. The molecule has 0 aromatic carbocycles. The minimum atomic E-state index is 0.522. The molecule has 0 aromatic heterocycles. The molecule has 3 heteroatoms. The van der Waals surface area contributed by atoms with Crippen LogP contribution in [-0.2, 0) is 4.74 Å². The molecule has 2 N–H and O–H groups in total. The SMILES string of the molecule is CC(CN)CN1CCOC2CCCC21. The Labute approximate surface area is 86.6 Å². The van der Waals surface area contributed by atoms with E-state index in [1.807, 2.05) is 0 Å². The van der Waals surface area contributed by atoms with Crippen molar-refractivity contribution in [1.82, 2.24) is 4.90 Å². The smallest absolute Gasteiger partial charge is 0.0730 e. The Hall–Kier alpha value is -0.120. The van der Waals surface area contributed by atoms with Gasteiger partial charge in [0.2, 0.25) is 0 Å². The first-order valence-electron chi connectivity index (χ1n) is 5.87. The minimum Gasteiger partial charge on any atom is -0.375 e. The zero-order valence-corrected chi connectivity index (χ0v) is 9.11. The van der Waals surface area contributed by atoms with Crippen molar-refractivity contribution < 1.29 is 4.74 Å². The lowest BCUT2D eigenvalue weighted by Gasteiger charge is -2.38. The summed E-state index contributed by atoms with van der Waals surface area (Å²) in [7, 11) is 0. The predicted octanol–water partition coefficient (Wildman–Crippen LogP) is 0.835. The number of nitrogens with zero attached hydrogens (tertiary/aromatic N) is 1. The number of hydrogen-bond acceptors (Lipinski definition) is 3. The van der Waals surface area contributed by atoms with E-state index in [4.69, 9.17) is 10.5 Å². The molecule has 1 aliphatic heterocycles. The molecule has 1 aliphatic carbocycles. The summed E-state index contributed by atoms with van der Waals surface area (Å²) in [4.78, 5) is 2.60. The molecular formula is C11H22N2O. The second-order valence-electron chi connectivity index (χ2n) is 4.74. The van der Waals surface area contributed by atoms with Crippen molar-refractivity contribution in [3.8, 4) is 0 Å². The van der Waals surface area contributed by atoms with Crippen LogP contribution >= 0.6 is 0 Å². The lowest BCUT2D eigenvalue weighted by atomic mass is 10.1. The van der Waals surface area contributed by atoms with Crippen LogP contribution in [0.5, 0.6) is 0 Å². The molecule has 0 spiro atoms. The fourth-order valence-electron chi connectivity index (χ4n) is 2.71. The highest BCUT2D eigenvalue weighted by molar-refractivity contribution is 4.89. The van der Waals surface area contributed by atoms with Gasteiger partial charge in [-0.3, -0.25) is 4.90 Å². The summed E-state index contributed by atoms with van der Waals surface area (Å²) < 4.78 is 5.77. The van der Waals surface area contributed by atoms with Crippen molar-refractivity contribution >= 4 is 0 Å². The molecular weight excluding hydrogens is 176 g/mol. The third kappa shape index (κ3) is 2.10.